The molecule has 4 rings (SSSR count). The Morgan fingerprint density at radius 2 is 2.22 bits per heavy atom. The number of imidazole rings is 1. The minimum atomic E-state index is -2.42. The van der Waals surface area contributed by atoms with Crippen LogP contribution in [0.2, 0.25) is 0 Å². The molecule has 27 heavy (non-hydrogen) atoms. The van der Waals surface area contributed by atoms with E-state index >= 15 is 0 Å². The second-order valence-corrected chi connectivity index (χ2v) is 6.45. The molecule has 0 unspecified atom stereocenters. The molecule has 0 radical (unpaired) electrons. The molecule has 0 atom stereocenters. The van der Waals surface area contributed by atoms with Gasteiger partial charge in [-0.25, -0.2) is 9.78 Å². The number of aromatic nitrogens is 4. The quantitative estimate of drug-likeness (QED) is 0.763. The minimum Gasteiger partial charge on any atom is -0.381 e. The monoisotopic (exact) mass is 367 g/mol. The Hall–Kier alpha value is -3.18. The van der Waals surface area contributed by atoms with Crippen molar-refractivity contribution in [2.24, 2.45) is 7.05 Å². The fraction of sp³-hybridized carbons (Fsp3) is 0.368. The predicted molar refractivity (Wildman–Crippen MR) is 101 cm³/mol. The third-order valence-corrected chi connectivity index (χ3v) is 4.78. The largest absolute Gasteiger partial charge is 0.381 e. The van der Waals surface area contributed by atoms with Crippen LogP contribution in [0.4, 0.5) is 11.6 Å². The van der Waals surface area contributed by atoms with Gasteiger partial charge in [-0.2, -0.15) is 10.2 Å². The highest BCUT2D eigenvalue weighted by molar-refractivity contribution is 5.73. The SMILES string of the molecule is [2H]C([2H])([2H])c1cc(C#N)ccc1Nc1ncc2c(n1)n(C1CCOCC1)c(=O)n2C. The van der Waals surface area contributed by atoms with Gasteiger partial charge in [0.05, 0.1) is 17.8 Å². The Kier molecular flexibility index (Phi) is 3.54. The fourth-order valence-corrected chi connectivity index (χ4v) is 3.31. The van der Waals surface area contributed by atoms with E-state index in [1.54, 1.807) is 17.8 Å². The number of anilines is 2. The van der Waals surface area contributed by atoms with Gasteiger partial charge in [-0.05, 0) is 43.5 Å². The van der Waals surface area contributed by atoms with E-state index in [0.717, 1.165) is 0 Å². The molecular weight excluding hydrogens is 344 g/mol. The van der Waals surface area contributed by atoms with Crippen LogP contribution in [0.1, 0.15) is 34.1 Å². The maximum absolute atomic E-state index is 12.8. The molecule has 0 saturated carbocycles. The van der Waals surface area contributed by atoms with Crippen LogP contribution in [0.3, 0.4) is 0 Å². The van der Waals surface area contributed by atoms with Gasteiger partial charge in [-0.15, -0.1) is 0 Å². The molecule has 3 heterocycles. The minimum absolute atomic E-state index is 0.000119. The molecule has 0 bridgehead atoms. The summed E-state index contributed by atoms with van der Waals surface area (Å²) < 4.78 is 31.9. The first kappa shape index (κ1) is 13.9. The van der Waals surface area contributed by atoms with Gasteiger partial charge in [0, 0.05) is 36.1 Å². The zero-order chi connectivity index (χ0) is 21.5. The van der Waals surface area contributed by atoms with Crippen molar-refractivity contribution in [1.29, 1.82) is 5.26 Å². The maximum atomic E-state index is 12.8. The zero-order valence-corrected chi connectivity index (χ0v) is 14.8. The van der Waals surface area contributed by atoms with Gasteiger partial charge >= 0.3 is 5.69 Å². The lowest BCUT2D eigenvalue weighted by molar-refractivity contribution is 0.0695. The van der Waals surface area contributed by atoms with Gasteiger partial charge in [-0.1, -0.05) is 0 Å². The van der Waals surface area contributed by atoms with Crippen molar-refractivity contribution >= 4 is 22.8 Å². The van der Waals surface area contributed by atoms with Gasteiger partial charge in [0.15, 0.2) is 5.65 Å². The highest BCUT2D eigenvalue weighted by Gasteiger charge is 2.23. The number of hydrogen-bond acceptors (Lipinski definition) is 6. The Morgan fingerprint density at radius 1 is 1.41 bits per heavy atom. The number of aryl methyl sites for hydroxylation is 2. The summed E-state index contributed by atoms with van der Waals surface area (Å²) in [7, 11) is 1.67. The predicted octanol–water partition coefficient (Wildman–Crippen LogP) is 2.41. The van der Waals surface area contributed by atoms with E-state index in [2.05, 4.69) is 15.3 Å². The van der Waals surface area contributed by atoms with E-state index < -0.39 is 6.85 Å². The third-order valence-electron chi connectivity index (χ3n) is 4.78. The third kappa shape index (κ3) is 3.06. The molecule has 2 aromatic heterocycles. The Labute approximate surface area is 160 Å². The van der Waals surface area contributed by atoms with Crippen LogP contribution in [-0.2, 0) is 11.8 Å². The molecule has 1 aromatic carbocycles. The van der Waals surface area contributed by atoms with Gasteiger partial charge in [0.25, 0.3) is 0 Å². The van der Waals surface area contributed by atoms with E-state index in [1.807, 2.05) is 6.07 Å². The summed E-state index contributed by atoms with van der Waals surface area (Å²) in [5, 5.41) is 12.0. The smallest absolute Gasteiger partial charge is 0.330 e. The van der Waals surface area contributed by atoms with Gasteiger partial charge in [0.2, 0.25) is 5.95 Å². The summed E-state index contributed by atoms with van der Waals surface area (Å²) in [6.45, 7) is -1.26. The lowest BCUT2D eigenvalue weighted by Gasteiger charge is -2.22. The number of nitriles is 1. The van der Waals surface area contributed by atoms with Gasteiger partial charge < -0.3 is 10.1 Å². The molecule has 1 aliphatic heterocycles. The number of rotatable bonds is 3. The summed E-state index contributed by atoms with van der Waals surface area (Å²) in [6.07, 6.45) is 2.97. The second-order valence-electron chi connectivity index (χ2n) is 6.45. The van der Waals surface area contributed by atoms with Crippen molar-refractivity contribution < 1.29 is 8.85 Å². The molecule has 0 aliphatic carbocycles. The Morgan fingerprint density at radius 3 is 2.96 bits per heavy atom. The first-order valence-corrected chi connectivity index (χ1v) is 8.63. The highest BCUT2D eigenvalue weighted by Crippen LogP contribution is 2.25. The summed E-state index contributed by atoms with van der Waals surface area (Å²) in [4.78, 5) is 21.6. The number of benzene rings is 1. The summed E-state index contributed by atoms with van der Waals surface area (Å²) in [6, 6.07) is 6.30. The van der Waals surface area contributed by atoms with Crippen molar-refractivity contribution in [2.45, 2.75) is 25.7 Å². The van der Waals surface area contributed by atoms with Crippen molar-refractivity contribution in [1.82, 2.24) is 19.1 Å². The number of fused-ring (bicyclic) bond motifs is 1. The Bertz CT molecular complexity index is 1200. The van der Waals surface area contributed by atoms with Crippen LogP contribution in [0, 0.1) is 18.2 Å². The molecule has 138 valence electrons. The number of nitrogens with zero attached hydrogens (tertiary/aromatic N) is 5. The number of hydrogen-bond donors (Lipinski definition) is 1. The molecule has 1 aliphatic rings. The molecule has 1 fully saturated rings. The van der Waals surface area contributed by atoms with E-state index in [9.17, 15) is 4.79 Å². The zero-order valence-electron chi connectivity index (χ0n) is 17.8. The lowest BCUT2D eigenvalue weighted by atomic mass is 10.1. The van der Waals surface area contributed by atoms with Gasteiger partial charge in [-0.3, -0.25) is 9.13 Å². The van der Waals surface area contributed by atoms with Gasteiger partial charge in [0.1, 0.15) is 5.52 Å². The molecule has 8 nitrogen and oxygen atoms in total. The number of ether oxygens (including phenoxy) is 1. The molecule has 0 amide bonds. The van der Waals surface area contributed by atoms with Crippen molar-refractivity contribution in [3.8, 4) is 6.07 Å². The summed E-state index contributed by atoms with van der Waals surface area (Å²) in [5.74, 6) is 0.170. The highest BCUT2D eigenvalue weighted by atomic mass is 16.5. The van der Waals surface area contributed by atoms with E-state index in [1.165, 1.54) is 22.8 Å². The fourth-order valence-electron chi connectivity index (χ4n) is 3.31. The maximum Gasteiger partial charge on any atom is 0.330 e. The van der Waals surface area contributed by atoms with Crippen LogP contribution < -0.4 is 11.0 Å². The molecule has 1 saturated heterocycles. The molecule has 0 spiro atoms. The second kappa shape index (κ2) is 6.85. The van der Waals surface area contributed by atoms with Crippen LogP contribution in [0.25, 0.3) is 11.2 Å². The van der Waals surface area contributed by atoms with Crippen molar-refractivity contribution in [3.63, 3.8) is 0 Å². The lowest BCUT2D eigenvalue weighted by Crippen LogP contribution is -2.30. The molecular formula is C19H20N6O2. The number of nitrogens with one attached hydrogen (secondary N) is 1. The Balaban J connectivity index is 1.78. The van der Waals surface area contributed by atoms with E-state index in [-0.39, 0.29) is 34.5 Å². The molecule has 1 N–H and O–H groups in total. The summed E-state index contributed by atoms with van der Waals surface area (Å²) >= 11 is 0. The van der Waals surface area contributed by atoms with Crippen molar-refractivity contribution in [2.75, 3.05) is 18.5 Å². The van der Waals surface area contributed by atoms with Crippen LogP contribution in [0.15, 0.2) is 29.2 Å². The first-order chi connectivity index (χ1) is 14.3. The molecule has 8 heteroatoms. The van der Waals surface area contributed by atoms with E-state index in [0.29, 0.717) is 37.2 Å². The van der Waals surface area contributed by atoms with E-state index in [4.69, 9.17) is 14.1 Å². The van der Waals surface area contributed by atoms with Crippen LogP contribution in [0.5, 0.6) is 0 Å². The first-order valence-electron chi connectivity index (χ1n) is 10.1. The molecule has 3 aromatic rings. The van der Waals surface area contributed by atoms with Crippen molar-refractivity contribution in [3.05, 3.63) is 46.0 Å². The average molecular weight is 367 g/mol. The average Bonchev–Trinajstić information content (AvgIpc) is 2.98. The standard InChI is InChI=1S/C19H20N6O2/c1-12-9-13(10-20)3-4-15(12)22-18-21-11-16-17(23-18)25(19(26)24(16)2)14-5-7-27-8-6-14/h3-4,9,11,14H,5-8H2,1-2H3,(H,21,22,23)/i1D3. The van der Waals surface area contributed by atoms with Crippen LogP contribution >= 0.6 is 0 Å². The topological polar surface area (TPSA) is 97.8 Å². The normalized spacial score (nSPS) is 17.1. The summed E-state index contributed by atoms with van der Waals surface area (Å²) in [5.41, 5.74) is 1.43. The van der Waals surface area contributed by atoms with Crippen LogP contribution in [-0.4, -0.2) is 32.3 Å².